The number of hydrogen-bond donors (Lipinski definition) is 1. The molecule has 3 aliphatic rings. The van der Waals surface area contributed by atoms with E-state index in [0.29, 0.717) is 17.6 Å². The molecular formula is C19H29N5O2. The monoisotopic (exact) mass is 359 g/mol. The maximum absolute atomic E-state index is 12.8. The van der Waals surface area contributed by atoms with Gasteiger partial charge in [-0.3, -0.25) is 19.2 Å². The van der Waals surface area contributed by atoms with Gasteiger partial charge in [-0.1, -0.05) is 19.3 Å². The maximum Gasteiger partial charge on any atom is 0.257 e. The van der Waals surface area contributed by atoms with Crippen LogP contribution in [0.3, 0.4) is 0 Å². The Labute approximate surface area is 154 Å². The summed E-state index contributed by atoms with van der Waals surface area (Å²) in [5.41, 5.74) is 0.585. The number of carbonyl (C=O) groups excluding carboxylic acids is 2. The Kier molecular flexibility index (Phi) is 5.24. The van der Waals surface area contributed by atoms with Crippen LogP contribution in [0, 0.1) is 0 Å². The first-order valence-electron chi connectivity index (χ1n) is 10.0. The standard InChI is InChI=1S/C19H29N5O2/c25-18(21-16-5-2-1-3-6-16)14-24-12-15(11-20-24)19(26)23-10-9-22-8-4-7-17(22)13-23/h11-12,16-17H,1-10,13-14H2,(H,21,25). The molecule has 26 heavy (non-hydrogen) atoms. The molecule has 7 nitrogen and oxygen atoms in total. The van der Waals surface area contributed by atoms with E-state index in [2.05, 4.69) is 15.3 Å². The van der Waals surface area contributed by atoms with Crippen molar-refractivity contribution in [3.05, 3.63) is 18.0 Å². The minimum absolute atomic E-state index is 0.0152. The van der Waals surface area contributed by atoms with Crippen molar-refractivity contribution in [3.63, 3.8) is 0 Å². The van der Waals surface area contributed by atoms with E-state index < -0.39 is 0 Å². The van der Waals surface area contributed by atoms with Gasteiger partial charge in [-0.05, 0) is 32.2 Å². The van der Waals surface area contributed by atoms with Crippen LogP contribution in [0.2, 0.25) is 0 Å². The van der Waals surface area contributed by atoms with Crippen LogP contribution in [0.5, 0.6) is 0 Å². The minimum Gasteiger partial charge on any atom is -0.352 e. The van der Waals surface area contributed by atoms with Crippen molar-refractivity contribution in [2.75, 3.05) is 26.2 Å². The zero-order valence-electron chi connectivity index (χ0n) is 15.4. The quantitative estimate of drug-likeness (QED) is 0.878. The largest absolute Gasteiger partial charge is 0.352 e. The van der Waals surface area contributed by atoms with Crippen LogP contribution >= 0.6 is 0 Å². The van der Waals surface area contributed by atoms with E-state index in [1.165, 1.54) is 38.6 Å². The second-order valence-corrected chi connectivity index (χ2v) is 7.91. The molecule has 2 amide bonds. The summed E-state index contributed by atoms with van der Waals surface area (Å²) in [5, 5.41) is 7.32. The topological polar surface area (TPSA) is 70.5 Å². The molecule has 0 bridgehead atoms. The van der Waals surface area contributed by atoms with Gasteiger partial charge in [0.25, 0.3) is 5.91 Å². The van der Waals surface area contributed by atoms with Crippen molar-refractivity contribution in [2.45, 2.75) is 63.6 Å². The highest BCUT2D eigenvalue weighted by atomic mass is 16.2. The molecule has 1 atom stereocenters. The number of carbonyl (C=O) groups is 2. The summed E-state index contributed by atoms with van der Waals surface area (Å²) in [6.45, 7) is 3.91. The third kappa shape index (κ3) is 3.92. The number of fused-ring (bicyclic) bond motifs is 1. The van der Waals surface area contributed by atoms with Crippen LogP contribution in [0.4, 0.5) is 0 Å². The molecule has 3 heterocycles. The zero-order chi connectivity index (χ0) is 17.9. The van der Waals surface area contributed by atoms with Gasteiger partial charge in [-0.25, -0.2) is 0 Å². The molecule has 2 aliphatic heterocycles. The number of rotatable bonds is 4. The van der Waals surface area contributed by atoms with Gasteiger partial charge in [-0.2, -0.15) is 5.10 Å². The molecule has 1 unspecified atom stereocenters. The van der Waals surface area contributed by atoms with E-state index in [1.54, 1.807) is 17.1 Å². The Bertz CT molecular complexity index is 652. The lowest BCUT2D eigenvalue weighted by atomic mass is 9.95. The van der Waals surface area contributed by atoms with Gasteiger partial charge >= 0.3 is 0 Å². The predicted octanol–water partition coefficient (Wildman–Crippen LogP) is 1.25. The average Bonchev–Trinajstić information content (AvgIpc) is 3.30. The fraction of sp³-hybridized carbons (Fsp3) is 0.737. The molecule has 2 saturated heterocycles. The Hall–Kier alpha value is -1.89. The molecule has 4 rings (SSSR count). The van der Waals surface area contributed by atoms with E-state index in [1.807, 2.05) is 4.90 Å². The van der Waals surface area contributed by atoms with Crippen molar-refractivity contribution >= 4 is 11.8 Å². The summed E-state index contributed by atoms with van der Waals surface area (Å²) in [6.07, 6.45) is 11.5. The highest BCUT2D eigenvalue weighted by molar-refractivity contribution is 5.94. The van der Waals surface area contributed by atoms with Gasteiger partial charge in [-0.15, -0.1) is 0 Å². The molecule has 0 spiro atoms. The van der Waals surface area contributed by atoms with Crippen LogP contribution in [0.1, 0.15) is 55.3 Å². The van der Waals surface area contributed by atoms with E-state index >= 15 is 0 Å². The summed E-state index contributed by atoms with van der Waals surface area (Å²) in [6, 6.07) is 0.819. The summed E-state index contributed by atoms with van der Waals surface area (Å²) in [4.78, 5) is 29.4. The van der Waals surface area contributed by atoms with Crippen molar-refractivity contribution < 1.29 is 9.59 Å². The smallest absolute Gasteiger partial charge is 0.257 e. The van der Waals surface area contributed by atoms with Gasteiger partial charge in [0.2, 0.25) is 5.91 Å². The van der Waals surface area contributed by atoms with Gasteiger partial charge in [0.05, 0.1) is 11.8 Å². The summed E-state index contributed by atoms with van der Waals surface area (Å²) in [7, 11) is 0. The second kappa shape index (κ2) is 7.78. The molecule has 0 radical (unpaired) electrons. The molecule has 7 heteroatoms. The van der Waals surface area contributed by atoms with Gasteiger partial charge in [0, 0.05) is 37.9 Å². The minimum atomic E-state index is -0.0152. The molecule has 0 aromatic carbocycles. The SMILES string of the molecule is O=C(Cn1cc(C(=O)N2CCN3CCCC3C2)cn1)NC1CCCCC1. The van der Waals surface area contributed by atoms with Crippen LogP contribution in [0.25, 0.3) is 0 Å². The lowest BCUT2D eigenvalue weighted by Gasteiger charge is -2.37. The van der Waals surface area contributed by atoms with Crippen LogP contribution in [-0.2, 0) is 11.3 Å². The Morgan fingerprint density at radius 2 is 1.92 bits per heavy atom. The van der Waals surface area contributed by atoms with E-state index in [0.717, 1.165) is 32.5 Å². The van der Waals surface area contributed by atoms with Crippen molar-refractivity contribution in [1.29, 1.82) is 0 Å². The summed E-state index contributed by atoms with van der Waals surface area (Å²) in [5.74, 6) is 0.0223. The van der Waals surface area contributed by atoms with Gasteiger partial charge in [0.1, 0.15) is 6.54 Å². The van der Waals surface area contributed by atoms with E-state index in [4.69, 9.17) is 0 Å². The molecule has 3 fully saturated rings. The fourth-order valence-corrected chi connectivity index (χ4v) is 4.59. The molecule has 1 aliphatic carbocycles. The predicted molar refractivity (Wildman–Crippen MR) is 97.7 cm³/mol. The maximum atomic E-state index is 12.8. The number of piperazine rings is 1. The average molecular weight is 359 g/mol. The van der Waals surface area contributed by atoms with Crippen molar-refractivity contribution in [1.82, 2.24) is 24.9 Å². The van der Waals surface area contributed by atoms with Crippen LogP contribution in [-0.4, -0.2) is 69.7 Å². The molecular weight excluding hydrogens is 330 g/mol. The third-order valence-electron chi connectivity index (χ3n) is 6.03. The van der Waals surface area contributed by atoms with Crippen LogP contribution in [0.15, 0.2) is 12.4 Å². The Morgan fingerprint density at radius 1 is 1.08 bits per heavy atom. The van der Waals surface area contributed by atoms with Crippen molar-refractivity contribution in [3.8, 4) is 0 Å². The number of amides is 2. The van der Waals surface area contributed by atoms with E-state index in [9.17, 15) is 9.59 Å². The first-order chi connectivity index (χ1) is 12.7. The molecule has 142 valence electrons. The number of hydrogen-bond acceptors (Lipinski definition) is 4. The lowest BCUT2D eigenvalue weighted by Crippen LogP contribution is -2.52. The first-order valence-corrected chi connectivity index (χ1v) is 10.0. The van der Waals surface area contributed by atoms with Crippen molar-refractivity contribution in [2.24, 2.45) is 0 Å². The first kappa shape index (κ1) is 17.5. The normalized spacial score (nSPS) is 24.5. The van der Waals surface area contributed by atoms with Gasteiger partial charge in [0.15, 0.2) is 0 Å². The summed E-state index contributed by atoms with van der Waals surface area (Å²) >= 11 is 0. The highest BCUT2D eigenvalue weighted by Gasteiger charge is 2.33. The zero-order valence-corrected chi connectivity index (χ0v) is 15.4. The van der Waals surface area contributed by atoms with E-state index in [-0.39, 0.29) is 18.4 Å². The Balaban J connectivity index is 1.30. The van der Waals surface area contributed by atoms with Crippen LogP contribution < -0.4 is 5.32 Å². The number of nitrogens with zero attached hydrogens (tertiary/aromatic N) is 4. The Morgan fingerprint density at radius 3 is 2.77 bits per heavy atom. The van der Waals surface area contributed by atoms with Gasteiger partial charge < -0.3 is 10.2 Å². The fourth-order valence-electron chi connectivity index (χ4n) is 4.59. The lowest BCUT2D eigenvalue weighted by molar-refractivity contribution is -0.122. The molecule has 1 aromatic heterocycles. The number of nitrogens with one attached hydrogen (secondary N) is 1. The molecule has 1 saturated carbocycles. The molecule has 1 N–H and O–H groups in total. The second-order valence-electron chi connectivity index (χ2n) is 7.91. The third-order valence-corrected chi connectivity index (χ3v) is 6.03. The molecule has 1 aromatic rings. The number of aromatic nitrogens is 2. The summed E-state index contributed by atoms with van der Waals surface area (Å²) < 4.78 is 1.58. The highest BCUT2D eigenvalue weighted by Crippen LogP contribution is 2.22.